The molecule has 0 aromatic carbocycles. The molecule has 3 rings (SSSR count). The van der Waals surface area contributed by atoms with Gasteiger partial charge in [-0.3, -0.25) is 4.79 Å². The van der Waals surface area contributed by atoms with Crippen LogP contribution >= 0.6 is 11.6 Å². The molecule has 1 fully saturated rings. The second kappa shape index (κ2) is 4.70. The quantitative estimate of drug-likeness (QED) is 0.839. The van der Waals surface area contributed by atoms with Gasteiger partial charge in [-0.2, -0.15) is 5.10 Å². The summed E-state index contributed by atoms with van der Waals surface area (Å²) in [6, 6.07) is 0. The Kier molecular flexibility index (Phi) is 3.05. The smallest absolute Gasteiger partial charge is 0.277 e. The van der Waals surface area contributed by atoms with Gasteiger partial charge >= 0.3 is 0 Å². The fraction of sp³-hybridized carbons (Fsp3) is 0.545. The van der Waals surface area contributed by atoms with E-state index in [0.717, 1.165) is 19.3 Å². The van der Waals surface area contributed by atoms with Crippen molar-refractivity contribution in [1.82, 2.24) is 19.7 Å². The topological polar surface area (TPSA) is 72.8 Å². The van der Waals surface area contributed by atoms with Crippen LogP contribution in [0.15, 0.2) is 11.0 Å². The van der Waals surface area contributed by atoms with Gasteiger partial charge in [-0.05, 0) is 19.3 Å². The van der Waals surface area contributed by atoms with Crippen molar-refractivity contribution in [2.75, 3.05) is 6.61 Å². The number of hydrogen-bond donors (Lipinski definition) is 1. The van der Waals surface area contributed by atoms with Crippen molar-refractivity contribution in [3.63, 3.8) is 0 Å². The van der Waals surface area contributed by atoms with E-state index in [1.165, 1.54) is 0 Å². The first-order valence-corrected chi connectivity index (χ1v) is 6.47. The largest absolute Gasteiger partial charge is 0.356 e. The summed E-state index contributed by atoms with van der Waals surface area (Å²) >= 11 is 5.67. The summed E-state index contributed by atoms with van der Waals surface area (Å²) < 4.78 is 7.26. The Bertz CT molecular complexity index is 615. The van der Waals surface area contributed by atoms with E-state index < -0.39 is 0 Å². The maximum Gasteiger partial charge on any atom is 0.277 e. The number of ether oxygens (including phenoxy) is 1. The first kappa shape index (κ1) is 11.7. The van der Waals surface area contributed by atoms with E-state index in [1.807, 2.05) is 0 Å². The van der Waals surface area contributed by atoms with Crippen LogP contribution in [0.4, 0.5) is 0 Å². The van der Waals surface area contributed by atoms with Crippen molar-refractivity contribution in [3.8, 4) is 0 Å². The predicted octanol–water partition coefficient (Wildman–Crippen LogP) is 1.56. The molecule has 0 bridgehead atoms. The van der Waals surface area contributed by atoms with E-state index in [1.54, 1.807) is 10.9 Å². The Morgan fingerprint density at radius 3 is 3.17 bits per heavy atom. The molecule has 1 unspecified atom stereocenters. The normalized spacial score (nSPS) is 20.4. The van der Waals surface area contributed by atoms with E-state index in [4.69, 9.17) is 16.3 Å². The summed E-state index contributed by atoms with van der Waals surface area (Å²) in [4.78, 5) is 18.9. The number of hydrogen-bond acceptors (Lipinski definition) is 4. The molecule has 0 aliphatic carbocycles. The third-order valence-electron chi connectivity index (χ3n) is 3.06. The van der Waals surface area contributed by atoms with E-state index in [9.17, 15) is 4.79 Å². The Balaban J connectivity index is 2.10. The van der Waals surface area contributed by atoms with Crippen LogP contribution in [0.2, 0.25) is 0 Å². The van der Waals surface area contributed by atoms with Crippen molar-refractivity contribution in [3.05, 3.63) is 22.4 Å². The molecule has 7 heteroatoms. The van der Waals surface area contributed by atoms with Gasteiger partial charge in [0.15, 0.2) is 11.7 Å². The van der Waals surface area contributed by atoms with Gasteiger partial charge < -0.3 is 9.72 Å². The van der Waals surface area contributed by atoms with E-state index in [-0.39, 0.29) is 17.7 Å². The van der Waals surface area contributed by atoms with Gasteiger partial charge in [-0.15, -0.1) is 11.6 Å². The van der Waals surface area contributed by atoms with Gasteiger partial charge in [0, 0.05) is 6.61 Å². The Morgan fingerprint density at radius 1 is 1.56 bits per heavy atom. The zero-order chi connectivity index (χ0) is 12.5. The lowest BCUT2D eigenvalue weighted by atomic mass is 10.2. The van der Waals surface area contributed by atoms with Gasteiger partial charge in [0.1, 0.15) is 11.3 Å². The lowest BCUT2D eigenvalue weighted by Crippen LogP contribution is -2.22. The van der Waals surface area contributed by atoms with Crippen molar-refractivity contribution in [2.24, 2.45) is 0 Å². The van der Waals surface area contributed by atoms with Crippen LogP contribution in [0.3, 0.4) is 0 Å². The average molecular weight is 269 g/mol. The zero-order valence-electron chi connectivity index (χ0n) is 9.73. The molecule has 0 saturated carbocycles. The lowest BCUT2D eigenvalue weighted by molar-refractivity contribution is -0.0367. The second-order valence-electron chi connectivity index (χ2n) is 4.29. The van der Waals surface area contributed by atoms with E-state index in [0.29, 0.717) is 23.5 Å². The van der Waals surface area contributed by atoms with Crippen molar-refractivity contribution in [1.29, 1.82) is 0 Å². The van der Waals surface area contributed by atoms with E-state index >= 15 is 0 Å². The molecule has 96 valence electrons. The number of H-pyrrole nitrogens is 1. The average Bonchev–Trinajstić information content (AvgIpc) is 2.84. The zero-order valence-corrected chi connectivity index (χ0v) is 10.5. The highest BCUT2D eigenvalue weighted by atomic mass is 35.5. The maximum atomic E-state index is 12.0. The molecule has 1 saturated heterocycles. The fourth-order valence-electron chi connectivity index (χ4n) is 2.22. The molecule has 3 heterocycles. The number of rotatable bonds is 2. The van der Waals surface area contributed by atoms with Crippen molar-refractivity contribution in [2.45, 2.75) is 31.4 Å². The van der Waals surface area contributed by atoms with Gasteiger partial charge in [0.05, 0.1) is 12.1 Å². The SMILES string of the molecule is O=c1[nH]c(CCl)nc2cnn(C3CCCCO3)c12. The number of aromatic amines is 1. The fourth-order valence-corrected chi connectivity index (χ4v) is 2.34. The number of fused-ring (bicyclic) bond motifs is 1. The highest BCUT2D eigenvalue weighted by molar-refractivity contribution is 6.16. The number of nitrogens with zero attached hydrogens (tertiary/aromatic N) is 3. The molecule has 0 radical (unpaired) electrons. The summed E-state index contributed by atoms with van der Waals surface area (Å²) in [7, 11) is 0. The molecule has 1 aliphatic rings. The molecule has 2 aromatic rings. The molecule has 2 aromatic heterocycles. The van der Waals surface area contributed by atoms with Crippen LogP contribution in [0.5, 0.6) is 0 Å². The number of aromatic nitrogens is 4. The van der Waals surface area contributed by atoms with Gasteiger partial charge in [0.2, 0.25) is 0 Å². The minimum absolute atomic E-state index is 0.166. The third-order valence-corrected chi connectivity index (χ3v) is 3.31. The highest BCUT2D eigenvalue weighted by Gasteiger charge is 2.20. The summed E-state index contributed by atoms with van der Waals surface area (Å²) in [5, 5.41) is 4.22. The molecule has 6 nitrogen and oxygen atoms in total. The van der Waals surface area contributed by atoms with Crippen LogP contribution in [0.25, 0.3) is 11.0 Å². The van der Waals surface area contributed by atoms with Crippen LogP contribution in [0.1, 0.15) is 31.3 Å². The Morgan fingerprint density at radius 2 is 2.44 bits per heavy atom. The molecule has 1 aliphatic heterocycles. The van der Waals surface area contributed by atoms with Gasteiger partial charge in [-0.1, -0.05) is 0 Å². The van der Waals surface area contributed by atoms with E-state index in [2.05, 4.69) is 15.1 Å². The first-order valence-electron chi connectivity index (χ1n) is 5.93. The maximum absolute atomic E-state index is 12.0. The summed E-state index contributed by atoms with van der Waals surface area (Å²) in [5.74, 6) is 0.634. The second-order valence-corrected chi connectivity index (χ2v) is 4.56. The van der Waals surface area contributed by atoms with Crippen molar-refractivity contribution < 1.29 is 4.74 Å². The van der Waals surface area contributed by atoms with Crippen LogP contribution in [-0.2, 0) is 10.6 Å². The number of alkyl halides is 1. The number of nitrogens with one attached hydrogen (secondary N) is 1. The first-order chi connectivity index (χ1) is 8.79. The number of halogens is 1. The highest BCUT2D eigenvalue weighted by Crippen LogP contribution is 2.24. The van der Waals surface area contributed by atoms with Gasteiger partial charge in [-0.25, -0.2) is 9.67 Å². The molecular formula is C11H13ClN4O2. The molecular weight excluding hydrogens is 256 g/mol. The third kappa shape index (κ3) is 1.91. The molecule has 18 heavy (non-hydrogen) atoms. The monoisotopic (exact) mass is 268 g/mol. The van der Waals surface area contributed by atoms with Gasteiger partial charge in [0.25, 0.3) is 5.56 Å². The standard InChI is InChI=1S/C11H13ClN4O2/c12-5-8-14-7-6-13-16(10(7)11(17)15-8)9-3-1-2-4-18-9/h6,9H,1-5H2,(H,14,15,17). The lowest BCUT2D eigenvalue weighted by Gasteiger charge is -2.23. The minimum atomic E-state index is -0.220. The van der Waals surface area contributed by atoms with Crippen LogP contribution < -0.4 is 5.56 Å². The predicted molar refractivity (Wildman–Crippen MR) is 66.5 cm³/mol. The van der Waals surface area contributed by atoms with Crippen LogP contribution in [0, 0.1) is 0 Å². The summed E-state index contributed by atoms with van der Waals surface area (Å²) in [6.07, 6.45) is 4.42. The Labute approximate surface area is 108 Å². The molecule has 0 spiro atoms. The molecule has 1 atom stereocenters. The minimum Gasteiger partial charge on any atom is -0.356 e. The molecule has 0 amide bonds. The molecule has 1 N–H and O–H groups in total. The van der Waals surface area contributed by atoms with Crippen LogP contribution in [-0.4, -0.2) is 26.4 Å². The summed E-state index contributed by atoms with van der Waals surface area (Å²) in [5.41, 5.74) is 0.793. The summed E-state index contributed by atoms with van der Waals surface area (Å²) in [6.45, 7) is 0.705. The van der Waals surface area contributed by atoms with Crippen molar-refractivity contribution >= 4 is 22.6 Å². The Hall–Kier alpha value is -1.40.